The molecule has 1 aromatic rings. The maximum Gasteiger partial charge on any atom is 0.243 e. The maximum absolute atomic E-state index is 12.8. The van der Waals surface area contributed by atoms with Gasteiger partial charge in [-0.15, -0.1) is 0 Å². The Morgan fingerprint density at radius 3 is 2.75 bits per heavy atom. The van der Waals surface area contributed by atoms with Crippen LogP contribution >= 0.6 is 0 Å². The van der Waals surface area contributed by atoms with Crippen LogP contribution in [0.5, 0.6) is 0 Å². The molecule has 1 saturated heterocycles. The van der Waals surface area contributed by atoms with Gasteiger partial charge in [-0.1, -0.05) is 12.8 Å². The Labute approximate surface area is 120 Å². The molecule has 5 nitrogen and oxygen atoms in total. The van der Waals surface area contributed by atoms with Gasteiger partial charge in [-0.2, -0.15) is 4.31 Å². The van der Waals surface area contributed by atoms with Gasteiger partial charge in [-0.05, 0) is 43.5 Å². The molecule has 6 heteroatoms. The number of nitrogen functional groups attached to an aromatic ring is 1. The van der Waals surface area contributed by atoms with Gasteiger partial charge in [0.25, 0.3) is 0 Å². The van der Waals surface area contributed by atoms with Crippen molar-refractivity contribution >= 4 is 15.7 Å². The van der Waals surface area contributed by atoms with E-state index in [0.29, 0.717) is 24.2 Å². The Kier molecular flexibility index (Phi) is 4.67. The zero-order valence-corrected chi connectivity index (χ0v) is 12.6. The van der Waals surface area contributed by atoms with E-state index in [1.54, 1.807) is 25.1 Å². The Morgan fingerprint density at radius 2 is 2.10 bits per heavy atom. The number of aryl methyl sites for hydroxylation is 1. The highest BCUT2D eigenvalue weighted by atomic mass is 32.2. The number of nitrogens with zero attached hydrogens (tertiary/aromatic N) is 1. The van der Waals surface area contributed by atoms with E-state index in [4.69, 9.17) is 5.73 Å². The van der Waals surface area contributed by atoms with E-state index in [1.807, 2.05) is 0 Å². The van der Waals surface area contributed by atoms with Crippen molar-refractivity contribution in [1.82, 2.24) is 4.31 Å². The summed E-state index contributed by atoms with van der Waals surface area (Å²) in [6, 6.07) is 4.50. The predicted octanol–water partition coefficient (Wildman–Crippen LogP) is 1.50. The molecule has 0 aliphatic carbocycles. The second-order valence-electron chi connectivity index (χ2n) is 5.33. The molecule has 0 bridgehead atoms. The summed E-state index contributed by atoms with van der Waals surface area (Å²) < 4.78 is 27.1. The topological polar surface area (TPSA) is 83.6 Å². The van der Waals surface area contributed by atoms with Gasteiger partial charge < -0.3 is 10.8 Å². The van der Waals surface area contributed by atoms with Crippen molar-refractivity contribution in [2.45, 2.75) is 43.5 Å². The molecule has 1 unspecified atom stereocenters. The zero-order chi connectivity index (χ0) is 14.8. The minimum atomic E-state index is -3.58. The van der Waals surface area contributed by atoms with Crippen LogP contribution in [0.1, 0.15) is 31.2 Å². The van der Waals surface area contributed by atoms with Gasteiger partial charge >= 0.3 is 0 Å². The predicted molar refractivity (Wildman–Crippen MR) is 78.8 cm³/mol. The molecule has 2 rings (SSSR count). The van der Waals surface area contributed by atoms with Crippen LogP contribution in [-0.2, 0) is 10.0 Å². The number of nitrogens with two attached hydrogens (primary N) is 1. The van der Waals surface area contributed by atoms with Gasteiger partial charge in [-0.25, -0.2) is 8.42 Å². The van der Waals surface area contributed by atoms with E-state index in [-0.39, 0.29) is 17.5 Å². The first-order chi connectivity index (χ1) is 9.46. The number of benzene rings is 1. The summed E-state index contributed by atoms with van der Waals surface area (Å²) >= 11 is 0. The second-order valence-corrected chi connectivity index (χ2v) is 7.19. The van der Waals surface area contributed by atoms with Crippen molar-refractivity contribution in [2.24, 2.45) is 0 Å². The van der Waals surface area contributed by atoms with Crippen molar-refractivity contribution in [3.63, 3.8) is 0 Å². The van der Waals surface area contributed by atoms with Crippen LogP contribution < -0.4 is 5.73 Å². The summed E-state index contributed by atoms with van der Waals surface area (Å²) in [6.07, 6.45) is 3.51. The molecule has 0 spiro atoms. The third kappa shape index (κ3) is 2.97. The van der Waals surface area contributed by atoms with Crippen LogP contribution in [0.4, 0.5) is 5.69 Å². The third-order valence-electron chi connectivity index (χ3n) is 3.82. The van der Waals surface area contributed by atoms with Gasteiger partial charge in [0.05, 0.1) is 11.5 Å². The van der Waals surface area contributed by atoms with Crippen molar-refractivity contribution in [3.8, 4) is 0 Å². The highest BCUT2D eigenvalue weighted by molar-refractivity contribution is 7.89. The molecule has 1 heterocycles. The Morgan fingerprint density at radius 1 is 1.35 bits per heavy atom. The van der Waals surface area contributed by atoms with Gasteiger partial charge in [0.1, 0.15) is 0 Å². The van der Waals surface area contributed by atoms with Crippen LogP contribution in [0.15, 0.2) is 23.1 Å². The lowest BCUT2D eigenvalue weighted by Gasteiger charge is -2.28. The minimum Gasteiger partial charge on any atom is -0.399 e. The van der Waals surface area contributed by atoms with E-state index >= 15 is 0 Å². The van der Waals surface area contributed by atoms with E-state index in [0.717, 1.165) is 19.3 Å². The van der Waals surface area contributed by atoms with Gasteiger partial charge in [0.2, 0.25) is 10.0 Å². The average molecular weight is 298 g/mol. The van der Waals surface area contributed by atoms with Gasteiger partial charge in [-0.3, -0.25) is 0 Å². The van der Waals surface area contributed by atoms with E-state index < -0.39 is 10.0 Å². The highest BCUT2D eigenvalue weighted by Crippen LogP contribution is 2.27. The van der Waals surface area contributed by atoms with Crippen LogP contribution in [0, 0.1) is 6.92 Å². The third-order valence-corrected chi connectivity index (χ3v) is 5.93. The number of aliphatic hydroxyl groups is 1. The van der Waals surface area contributed by atoms with Crippen LogP contribution in [0.25, 0.3) is 0 Å². The molecule has 112 valence electrons. The number of hydrogen-bond donors (Lipinski definition) is 2. The summed E-state index contributed by atoms with van der Waals surface area (Å²) in [4.78, 5) is 0.284. The first-order valence-corrected chi connectivity index (χ1v) is 8.39. The lowest BCUT2D eigenvalue weighted by atomic mass is 10.1. The fraction of sp³-hybridized carbons (Fsp3) is 0.571. The van der Waals surface area contributed by atoms with E-state index in [2.05, 4.69) is 0 Å². The quantitative estimate of drug-likeness (QED) is 0.828. The first kappa shape index (κ1) is 15.3. The number of sulfonamides is 1. The normalized spacial score (nSPS) is 21.6. The largest absolute Gasteiger partial charge is 0.399 e. The van der Waals surface area contributed by atoms with E-state index in [9.17, 15) is 13.5 Å². The van der Waals surface area contributed by atoms with Crippen LogP contribution in [0.3, 0.4) is 0 Å². The lowest BCUT2D eigenvalue weighted by Crippen LogP contribution is -2.42. The molecule has 1 aliphatic heterocycles. The average Bonchev–Trinajstić information content (AvgIpc) is 2.63. The summed E-state index contributed by atoms with van der Waals surface area (Å²) in [5.41, 5.74) is 6.88. The fourth-order valence-corrected chi connectivity index (χ4v) is 4.63. The van der Waals surface area contributed by atoms with Crippen molar-refractivity contribution in [2.75, 3.05) is 18.9 Å². The van der Waals surface area contributed by atoms with Crippen LogP contribution in [-0.4, -0.2) is 37.0 Å². The standard InChI is InChI=1S/C14H22N2O3S/c1-11-9-12(15)6-7-14(11)20(18,19)16-8-4-2-3-5-13(16)10-17/h6-7,9,13,17H,2-5,8,10,15H2,1H3. The molecule has 1 aromatic carbocycles. The Bertz CT molecular complexity index is 572. The van der Waals surface area contributed by atoms with E-state index in [1.165, 1.54) is 4.31 Å². The number of rotatable bonds is 3. The molecular weight excluding hydrogens is 276 g/mol. The Hall–Kier alpha value is -1.11. The number of anilines is 1. The second kappa shape index (κ2) is 6.11. The Balaban J connectivity index is 2.41. The van der Waals surface area contributed by atoms with Gasteiger partial charge in [0.15, 0.2) is 0 Å². The minimum absolute atomic E-state index is 0.132. The van der Waals surface area contributed by atoms with Crippen molar-refractivity contribution in [1.29, 1.82) is 0 Å². The van der Waals surface area contributed by atoms with Crippen molar-refractivity contribution in [3.05, 3.63) is 23.8 Å². The summed E-state index contributed by atoms with van der Waals surface area (Å²) in [7, 11) is -3.58. The molecule has 3 N–H and O–H groups in total. The molecule has 0 radical (unpaired) electrons. The number of aliphatic hydroxyl groups excluding tert-OH is 1. The maximum atomic E-state index is 12.8. The highest BCUT2D eigenvalue weighted by Gasteiger charge is 2.32. The molecule has 0 aromatic heterocycles. The fourth-order valence-electron chi connectivity index (χ4n) is 2.74. The first-order valence-electron chi connectivity index (χ1n) is 6.95. The van der Waals surface area contributed by atoms with Crippen molar-refractivity contribution < 1.29 is 13.5 Å². The van der Waals surface area contributed by atoms with Gasteiger partial charge in [0, 0.05) is 18.3 Å². The summed E-state index contributed by atoms with van der Waals surface area (Å²) in [5, 5.41) is 9.48. The SMILES string of the molecule is Cc1cc(N)ccc1S(=O)(=O)N1CCCCCC1CO. The molecule has 0 amide bonds. The molecule has 20 heavy (non-hydrogen) atoms. The molecule has 1 atom stereocenters. The lowest BCUT2D eigenvalue weighted by molar-refractivity contribution is 0.186. The monoisotopic (exact) mass is 298 g/mol. The van der Waals surface area contributed by atoms with Crippen LogP contribution in [0.2, 0.25) is 0 Å². The zero-order valence-electron chi connectivity index (χ0n) is 11.7. The molecular formula is C14H22N2O3S. The molecule has 1 aliphatic rings. The molecule has 1 fully saturated rings. The smallest absolute Gasteiger partial charge is 0.243 e. The summed E-state index contributed by atoms with van der Waals surface area (Å²) in [6.45, 7) is 2.08. The molecule has 0 saturated carbocycles. The summed E-state index contributed by atoms with van der Waals surface area (Å²) in [5.74, 6) is 0. The number of hydrogen-bond acceptors (Lipinski definition) is 4.